The fraction of sp³-hybridized carbons (Fsp3) is 0.533. The molecule has 0 saturated carbocycles. The largest absolute Gasteiger partial charge is 0.353 e. The maximum atomic E-state index is 13.2. The Morgan fingerprint density at radius 1 is 1.53 bits per heavy atom. The zero-order chi connectivity index (χ0) is 13.8. The SMILES string of the molecule is CC(C)NC(=O)CN1CC[C@@H](c2cccc(F)c2)C1. The molecule has 0 radical (unpaired) electrons. The normalized spacial score (nSPS) is 19.9. The molecule has 3 nitrogen and oxygen atoms in total. The summed E-state index contributed by atoms with van der Waals surface area (Å²) in [5.41, 5.74) is 1.03. The van der Waals surface area contributed by atoms with E-state index in [2.05, 4.69) is 10.2 Å². The lowest BCUT2D eigenvalue weighted by atomic mass is 9.98. The van der Waals surface area contributed by atoms with Crippen LogP contribution in [0, 0.1) is 5.82 Å². The molecular formula is C15H21FN2O. The molecule has 0 spiro atoms. The van der Waals surface area contributed by atoms with Crippen LogP contribution in [0.1, 0.15) is 31.7 Å². The average molecular weight is 264 g/mol. The van der Waals surface area contributed by atoms with E-state index in [9.17, 15) is 9.18 Å². The van der Waals surface area contributed by atoms with E-state index in [1.54, 1.807) is 12.1 Å². The summed E-state index contributed by atoms with van der Waals surface area (Å²) >= 11 is 0. The number of carbonyl (C=O) groups is 1. The van der Waals surface area contributed by atoms with Crippen LogP contribution in [0.4, 0.5) is 4.39 Å². The zero-order valence-corrected chi connectivity index (χ0v) is 11.5. The fourth-order valence-electron chi connectivity index (χ4n) is 2.58. The highest BCUT2D eigenvalue weighted by molar-refractivity contribution is 5.78. The van der Waals surface area contributed by atoms with E-state index >= 15 is 0 Å². The molecule has 0 aromatic heterocycles. The van der Waals surface area contributed by atoms with Crippen LogP contribution in [0.15, 0.2) is 24.3 Å². The molecule has 2 rings (SSSR count). The highest BCUT2D eigenvalue weighted by Crippen LogP contribution is 2.27. The maximum Gasteiger partial charge on any atom is 0.234 e. The van der Waals surface area contributed by atoms with Crippen molar-refractivity contribution in [1.29, 1.82) is 0 Å². The second-order valence-electron chi connectivity index (χ2n) is 5.50. The summed E-state index contributed by atoms with van der Waals surface area (Å²) in [6.07, 6.45) is 0.985. The van der Waals surface area contributed by atoms with Gasteiger partial charge in [0, 0.05) is 12.6 Å². The van der Waals surface area contributed by atoms with Crippen LogP contribution in [-0.2, 0) is 4.79 Å². The van der Waals surface area contributed by atoms with E-state index in [0.717, 1.165) is 25.1 Å². The van der Waals surface area contributed by atoms with Crippen molar-refractivity contribution in [3.05, 3.63) is 35.6 Å². The fourth-order valence-corrected chi connectivity index (χ4v) is 2.58. The Labute approximate surface area is 113 Å². The van der Waals surface area contributed by atoms with Gasteiger partial charge in [0.05, 0.1) is 6.54 Å². The second kappa shape index (κ2) is 6.15. The van der Waals surface area contributed by atoms with Gasteiger partial charge in [-0.05, 0) is 50.4 Å². The van der Waals surface area contributed by atoms with Crippen molar-refractivity contribution >= 4 is 5.91 Å². The van der Waals surface area contributed by atoms with Gasteiger partial charge in [0.25, 0.3) is 0 Å². The topological polar surface area (TPSA) is 32.3 Å². The number of likely N-dealkylation sites (tertiary alicyclic amines) is 1. The standard InChI is InChI=1S/C15H21FN2O/c1-11(2)17-15(19)10-18-7-6-13(9-18)12-4-3-5-14(16)8-12/h3-5,8,11,13H,6-7,9-10H2,1-2H3,(H,17,19)/t13-/m1/s1. The predicted octanol–water partition coefficient (Wildman–Crippen LogP) is 2.14. The summed E-state index contributed by atoms with van der Waals surface area (Å²) in [6, 6.07) is 6.95. The molecule has 1 aliphatic rings. The summed E-state index contributed by atoms with van der Waals surface area (Å²) in [7, 11) is 0. The lowest BCUT2D eigenvalue weighted by molar-refractivity contribution is -0.122. The van der Waals surface area contributed by atoms with Gasteiger partial charge in [-0.3, -0.25) is 9.69 Å². The van der Waals surface area contributed by atoms with Crippen LogP contribution in [0.5, 0.6) is 0 Å². The first-order valence-corrected chi connectivity index (χ1v) is 6.82. The molecule has 0 bridgehead atoms. The van der Waals surface area contributed by atoms with E-state index in [1.165, 1.54) is 6.07 Å². The molecule has 1 fully saturated rings. The number of nitrogens with one attached hydrogen (secondary N) is 1. The smallest absolute Gasteiger partial charge is 0.234 e. The Hall–Kier alpha value is -1.42. The van der Waals surface area contributed by atoms with Crippen molar-refractivity contribution in [1.82, 2.24) is 10.2 Å². The number of carbonyl (C=O) groups excluding carboxylic acids is 1. The van der Waals surface area contributed by atoms with Gasteiger partial charge in [-0.15, -0.1) is 0 Å². The quantitative estimate of drug-likeness (QED) is 0.903. The van der Waals surface area contributed by atoms with Gasteiger partial charge in [-0.1, -0.05) is 12.1 Å². The molecule has 1 N–H and O–H groups in total. The molecule has 1 atom stereocenters. The molecule has 4 heteroatoms. The van der Waals surface area contributed by atoms with Crippen molar-refractivity contribution in [2.75, 3.05) is 19.6 Å². The molecule has 104 valence electrons. The Bertz CT molecular complexity index is 448. The monoisotopic (exact) mass is 264 g/mol. The van der Waals surface area contributed by atoms with Crippen molar-refractivity contribution in [3.63, 3.8) is 0 Å². The van der Waals surface area contributed by atoms with Gasteiger partial charge in [0.2, 0.25) is 5.91 Å². The van der Waals surface area contributed by atoms with E-state index in [4.69, 9.17) is 0 Å². The summed E-state index contributed by atoms with van der Waals surface area (Å²) in [5, 5.41) is 2.89. The van der Waals surface area contributed by atoms with E-state index in [-0.39, 0.29) is 17.8 Å². The number of nitrogens with zero attached hydrogens (tertiary/aromatic N) is 1. The summed E-state index contributed by atoms with van der Waals surface area (Å²) < 4.78 is 13.2. The lowest BCUT2D eigenvalue weighted by Crippen LogP contribution is -2.39. The van der Waals surface area contributed by atoms with Crippen LogP contribution in [0.2, 0.25) is 0 Å². The molecule has 1 aromatic carbocycles. The average Bonchev–Trinajstić information content (AvgIpc) is 2.76. The van der Waals surface area contributed by atoms with Crippen LogP contribution in [0.3, 0.4) is 0 Å². The third-order valence-corrected chi connectivity index (χ3v) is 3.41. The minimum atomic E-state index is -0.187. The summed E-state index contributed by atoms with van der Waals surface area (Å²) in [6.45, 7) is 6.07. The minimum Gasteiger partial charge on any atom is -0.353 e. The highest BCUT2D eigenvalue weighted by Gasteiger charge is 2.25. The molecule has 1 amide bonds. The third kappa shape index (κ3) is 4.03. The first-order chi connectivity index (χ1) is 9.04. The Balaban J connectivity index is 1.88. The second-order valence-corrected chi connectivity index (χ2v) is 5.50. The first-order valence-electron chi connectivity index (χ1n) is 6.82. The van der Waals surface area contributed by atoms with Crippen LogP contribution in [-0.4, -0.2) is 36.5 Å². The van der Waals surface area contributed by atoms with Gasteiger partial charge in [-0.25, -0.2) is 4.39 Å². The number of rotatable bonds is 4. The zero-order valence-electron chi connectivity index (χ0n) is 11.5. The Morgan fingerprint density at radius 3 is 3.00 bits per heavy atom. The van der Waals surface area contributed by atoms with Gasteiger partial charge in [-0.2, -0.15) is 0 Å². The van der Waals surface area contributed by atoms with Crippen molar-refractivity contribution in [3.8, 4) is 0 Å². The van der Waals surface area contributed by atoms with Crippen LogP contribution < -0.4 is 5.32 Å². The molecule has 0 unspecified atom stereocenters. The number of halogens is 1. The molecule has 1 heterocycles. The molecule has 1 saturated heterocycles. The maximum absolute atomic E-state index is 13.2. The summed E-state index contributed by atoms with van der Waals surface area (Å²) in [4.78, 5) is 13.8. The van der Waals surface area contributed by atoms with Crippen LogP contribution >= 0.6 is 0 Å². The number of benzene rings is 1. The Kier molecular flexibility index (Phi) is 4.53. The van der Waals surface area contributed by atoms with Gasteiger partial charge < -0.3 is 5.32 Å². The van der Waals surface area contributed by atoms with E-state index < -0.39 is 0 Å². The Morgan fingerprint density at radius 2 is 2.32 bits per heavy atom. The van der Waals surface area contributed by atoms with Crippen molar-refractivity contribution < 1.29 is 9.18 Å². The van der Waals surface area contributed by atoms with E-state index in [0.29, 0.717) is 12.5 Å². The van der Waals surface area contributed by atoms with Crippen molar-refractivity contribution in [2.24, 2.45) is 0 Å². The third-order valence-electron chi connectivity index (χ3n) is 3.41. The number of hydrogen-bond acceptors (Lipinski definition) is 2. The predicted molar refractivity (Wildman–Crippen MR) is 73.5 cm³/mol. The van der Waals surface area contributed by atoms with Gasteiger partial charge >= 0.3 is 0 Å². The molecule has 1 aromatic rings. The van der Waals surface area contributed by atoms with Gasteiger partial charge in [0.15, 0.2) is 0 Å². The van der Waals surface area contributed by atoms with Crippen LogP contribution in [0.25, 0.3) is 0 Å². The van der Waals surface area contributed by atoms with E-state index in [1.807, 2.05) is 19.9 Å². The van der Waals surface area contributed by atoms with Crippen molar-refractivity contribution in [2.45, 2.75) is 32.2 Å². The minimum absolute atomic E-state index is 0.0647. The van der Waals surface area contributed by atoms with Gasteiger partial charge in [0.1, 0.15) is 5.82 Å². The number of amides is 1. The lowest BCUT2D eigenvalue weighted by Gasteiger charge is -2.17. The molecule has 1 aliphatic heterocycles. The number of hydrogen-bond donors (Lipinski definition) is 1. The first kappa shape index (κ1) is 14.0. The molecule has 19 heavy (non-hydrogen) atoms. The highest BCUT2D eigenvalue weighted by atomic mass is 19.1. The molecule has 0 aliphatic carbocycles. The summed E-state index contributed by atoms with van der Waals surface area (Å²) in [5.74, 6) is 0.214. The molecular weight excluding hydrogens is 243 g/mol.